The number of aliphatic imine (C=N–C) groups is 1. The Morgan fingerprint density at radius 2 is 1.74 bits per heavy atom. The maximum atomic E-state index is 12.5. The molecule has 0 atom stereocenters. The van der Waals surface area contributed by atoms with Crippen LogP contribution in [0.4, 0.5) is 4.79 Å². The van der Waals surface area contributed by atoms with Crippen LogP contribution in [-0.4, -0.2) is 59.4 Å². The Bertz CT molecular complexity index is 491. The lowest BCUT2D eigenvalue weighted by Gasteiger charge is -2.22. The zero-order valence-electron chi connectivity index (χ0n) is 13.7. The fourth-order valence-corrected chi connectivity index (χ4v) is 3.86. The number of carbonyl (C=O) groups excluding carboxylic acids is 2. The summed E-state index contributed by atoms with van der Waals surface area (Å²) in [6, 6.07) is -0.277. The minimum Gasteiger partial charge on any atom is -0.370 e. The Kier molecular flexibility index (Phi) is 4.73. The minimum atomic E-state index is -0.628. The zero-order valence-corrected chi connectivity index (χ0v) is 13.7. The highest BCUT2D eigenvalue weighted by atomic mass is 16.2. The molecule has 2 heterocycles. The van der Waals surface area contributed by atoms with Crippen molar-refractivity contribution in [3.63, 3.8) is 0 Å². The second-order valence-electron chi connectivity index (χ2n) is 6.82. The van der Waals surface area contributed by atoms with Crippen molar-refractivity contribution in [2.24, 2.45) is 10.7 Å². The fraction of sp³-hybridized carbons (Fsp3) is 0.812. The first-order valence-corrected chi connectivity index (χ1v) is 8.81. The molecule has 23 heavy (non-hydrogen) atoms. The predicted molar refractivity (Wildman–Crippen MR) is 88.0 cm³/mol. The van der Waals surface area contributed by atoms with Gasteiger partial charge in [-0.15, -0.1) is 0 Å². The Morgan fingerprint density at radius 1 is 1.09 bits per heavy atom. The van der Waals surface area contributed by atoms with Crippen molar-refractivity contribution in [1.82, 2.24) is 15.1 Å². The van der Waals surface area contributed by atoms with E-state index in [2.05, 4.69) is 15.2 Å². The number of hydrogen-bond acceptors (Lipinski definition) is 3. The van der Waals surface area contributed by atoms with Crippen LogP contribution in [0.2, 0.25) is 0 Å². The smallest absolute Gasteiger partial charge is 0.325 e. The first-order valence-electron chi connectivity index (χ1n) is 8.81. The van der Waals surface area contributed by atoms with Crippen LogP contribution in [0.15, 0.2) is 4.99 Å². The molecule has 2 aliphatic heterocycles. The van der Waals surface area contributed by atoms with Gasteiger partial charge < -0.3 is 16.0 Å². The number of urea groups is 1. The van der Waals surface area contributed by atoms with Crippen molar-refractivity contribution in [2.45, 2.75) is 56.9 Å². The number of rotatable bonds is 3. The molecule has 0 unspecified atom stereocenters. The Morgan fingerprint density at radius 3 is 2.39 bits per heavy atom. The van der Waals surface area contributed by atoms with Gasteiger partial charge in [0.05, 0.1) is 13.1 Å². The van der Waals surface area contributed by atoms with Crippen LogP contribution < -0.4 is 11.1 Å². The number of imide groups is 1. The van der Waals surface area contributed by atoms with Crippen LogP contribution in [-0.2, 0) is 4.79 Å². The molecule has 0 aromatic carbocycles. The van der Waals surface area contributed by atoms with Crippen LogP contribution in [0.1, 0.15) is 51.4 Å². The van der Waals surface area contributed by atoms with E-state index in [0.29, 0.717) is 19.0 Å². The molecule has 3 fully saturated rings. The third-order valence-electron chi connectivity index (χ3n) is 5.23. The van der Waals surface area contributed by atoms with E-state index in [1.807, 2.05) is 0 Å². The van der Waals surface area contributed by atoms with Gasteiger partial charge in [0.25, 0.3) is 5.91 Å². The largest absolute Gasteiger partial charge is 0.370 e. The average molecular weight is 321 g/mol. The SMILES string of the molecule is NC(=NCCN1C(=O)NC2(CCCC2)C1=O)N1CCCCCC1. The van der Waals surface area contributed by atoms with Gasteiger partial charge in [0.2, 0.25) is 0 Å². The summed E-state index contributed by atoms with van der Waals surface area (Å²) in [6.45, 7) is 2.57. The van der Waals surface area contributed by atoms with Crippen molar-refractivity contribution >= 4 is 17.9 Å². The summed E-state index contributed by atoms with van der Waals surface area (Å²) < 4.78 is 0. The van der Waals surface area contributed by atoms with E-state index in [4.69, 9.17) is 5.73 Å². The summed E-state index contributed by atoms with van der Waals surface area (Å²) in [7, 11) is 0. The van der Waals surface area contributed by atoms with E-state index in [1.54, 1.807) is 0 Å². The van der Waals surface area contributed by atoms with Gasteiger partial charge in [-0.05, 0) is 25.7 Å². The summed E-state index contributed by atoms with van der Waals surface area (Å²) in [6.07, 6.45) is 8.29. The second kappa shape index (κ2) is 6.76. The molecular formula is C16H27N5O2. The molecule has 128 valence electrons. The number of carbonyl (C=O) groups is 2. The van der Waals surface area contributed by atoms with Gasteiger partial charge >= 0.3 is 6.03 Å². The molecule has 0 radical (unpaired) electrons. The Labute approximate surface area is 137 Å². The molecule has 3 N–H and O–H groups in total. The third kappa shape index (κ3) is 3.28. The molecule has 3 amide bonds. The monoisotopic (exact) mass is 321 g/mol. The molecule has 0 bridgehead atoms. The van der Waals surface area contributed by atoms with E-state index in [1.165, 1.54) is 17.7 Å². The molecule has 0 aromatic heterocycles. The standard InChI is InChI=1S/C16H27N5O2/c17-14(20-10-5-1-2-6-11-20)18-9-12-21-13(22)16(19-15(21)23)7-3-4-8-16/h1-12H2,(H2,17,18)(H,19,23). The summed E-state index contributed by atoms with van der Waals surface area (Å²) >= 11 is 0. The second-order valence-corrected chi connectivity index (χ2v) is 6.82. The number of hydrogen-bond donors (Lipinski definition) is 2. The zero-order chi connectivity index (χ0) is 16.3. The van der Waals surface area contributed by atoms with Gasteiger partial charge in [0, 0.05) is 13.1 Å². The van der Waals surface area contributed by atoms with E-state index in [0.717, 1.165) is 51.6 Å². The van der Waals surface area contributed by atoms with Crippen LogP contribution in [0, 0.1) is 0 Å². The minimum absolute atomic E-state index is 0.0801. The predicted octanol–water partition coefficient (Wildman–Crippen LogP) is 1.04. The van der Waals surface area contributed by atoms with Crippen LogP contribution in [0.25, 0.3) is 0 Å². The van der Waals surface area contributed by atoms with Gasteiger partial charge in [0.15, 0.2) is 5.96 Å². The highest BCUT2D eigenvalue weighted by Gasteiger charge is 2.52. The molecule has 3 aliphatic rings. The van der Waals surface area contributed by atoms with Crippen molar-refractivity contribution in [3.8, 4) is 0 Å². The molecule has 0 aromatic rings. The molecule has 7 heteroatoms. The summed E-state index contributed by atoms with van der Waals surface area (Å²) in [4.78, 5) is 32.4. The van der Waals surface area contributed by atoms with Crippen LogP contribution >= 0.6 is 0 Å². The highest BCUT2D eigenvalue weighted by Crippen LogP contribution is 2.34. The van der Waals surface area contributed by atoms with Gasteiger partial charge in [-0.1, -0.05) is 25.7 Å². The van der Waals surface area contributed by atoms with E-state index < -0.39 is 5.54 Å². The lowest BCUT2D eigenvalue weighted by atomic mass is 9.98. The topological polar surface area (TPSA) is 91.0 Å². The van der Waals surface area contributed by atoms with Crippen molar-refractivity contribution in [2.75, 3.05) is 26.2 Å². The van der Waals surface area contributed by atoms with E-state index >= 15 is 0 Å². The summed E-state index contributed by atoms with van der Waals surface area (Å²) in [5.74, 6) is 0.457. The Hall–Kier alpha value is -1.79. The molecule has 1 saturated carbocycles. The lowest BCUT2D eigenvalue weighted by Crippen LogP contribution is -2.44. The van der Waals surface area contributed by atoms with Crippen molar-refractivity contribution in [3.05, 3.63) is 0 Å². The molecule has 1 spiro atoms. The van der Waals surface area contributed by atoms with Gasteiger partial charge in [-0.25, -0.2) is 4.79 Å². The summed E-state index contributed by atoms with van der Waals surface area (Å²) in [5, 5.41) is 2.89. The quantitative estimate of drug-likeness (QED) is 0.462. The number of guanidine groups is 1. The maximum Gasteiger partial charge on any atom is 0.325 e. The molecule has 3 rings (SSSR count). The number of likely N-dealkylation sites (tertiary alicyclic amines) is 1. The molecular weight excluding hydrogens is 294 g/mol. The lowest BCUT2D eigenvalue weighted by molar-refractivity contribution is -0.131. The molecule has 1 aliphatic carbocycles. The summed E-state index contributed by atoms with van der Waals surface area (Å²) in [5.41, 5.74) is 5.43. The molecule has 7 nitrogen and oxygen atoms in total. The number of nitrogens with zero attached hydrogens (tertiary/aromatic N) is 3. The Balaban J connectivity index is 1.54. The maximum absolute atomic E-state index is 12.5. The van der Waals surface area contributed by atoms with Crippen LogP contribution in [0.5, 0.6) is 0 Å². The normalized spacial score (nSPS) is 25.1. The number of amides is 3. The highest BCUT2D eigenvalue weighted by molar-refractivity contribution is 6.07. The van der Waals surface area contributed by atoms with Crippen LogP contribution in [0.3, 0.4) is 0 Å². The third-order valence-corrected chi connectivity index (χ3v) is 5.23. The van der Waals surface area contributed by atoms with Gasteiger partial charge in [-0.2, -0.15) is 0 Å². The molecule has 2 saturated heterocycles. The average Bonchev–Trinajstić information content (AvgIpc) is 2.95. The number of nitrogens with two attached hydrogens (primary N) is 1. The van der Waals surface area contributed by atoms with Crippen molar-refractivity contribution < 1.29 is 9.59 Å². The van der Waals surface area contributed by atoms with E-state index in [-0.39, 0.29) is 11.9 Å². The number of nitrogens with one attached hydrogen (secondary N) is 1. The first-order chi connectivity index (χ1) is 11.1. The first kappa shape index (κ1) is 16.1. The van der Waals surface area contributed by atoms with E-state index in [9.17, 15) is 9.59 Å². The van der Waals surface area contributed by atoms with Crippen molar-refractivity contribution in [1.29, 1.82) is 0 Å². The fourth-order valence-electron chi connectivity index (χ4n) is 3.86. The van der Waals surface area contributed by atoms with Gasteiger partial charge in [-0.3, -0.25) is 14.7 Å². The van der Waals surface area contributed by atoms with Gasteiger partial charge in [0.1, 0.15) is 5.54 Å².